The minimum Gasteiger partial charge on any atom is -0.480 e. The van der Waals surface area contributed by atoms with Crippen molar-refractivity contribution < 1.29 is 46.6 Å². The molecule has 0 radical (unpaired) electrons. The molecule has 46 heavy (non-hydrogen) atoms. The van der Waals surface area contributed by atoms with Gasteiger partial charge in [0, 0.05) is 6.20 Å². The lowest BCUT2D eigenvalue weighted by Gasteiger charge is -2.42. The van der Waals surface area contributed by atoms with Crippen molar-refractivity contribution in [1.29, 1.82) is 0 Å². The summed E-state index contributed by atoms with van der Waals surface area (Å²) < 4.78 is 54.7. The smallest absolute Gasteiger partial charge is 0.415 e. The van der Waals surface area contributed by atoms with Crippen molar-refractivity contribution in [2.24, 2.45) is 5.92 Å². The van der Waals surface area contributed by atoms with Crippen LogP contribution in [0.4, 0.5) is 23.7 Å². The predicted molar refractivity (Wildman–Crippen MR) is 166 cm³/mol. The molecule has 0 saturated heterocycles. The summed E-state index contributed by atoms with van der Waals surface area (Å²) in [4.78, 5) is 62.7. The van der Waals surface area contributed by atoms with Crippen LogP contribution in [0.2, 0.25) is 18.1 Å². The molecule has 2 aromatic rings. The number of carboxylic acid groups (broad SMARTS) is 1. The number of pyridine rings is 1. The summed E-state index contributed by atoms with van der Waals surface area (Å²) in [6.07, 6.45) is -7.26. The number of nitrogens with zero attached hydrogens (tertiary/aromatic N) is 1. The molecule has 0 aliphatic rings. The van der Waals surface area contributed by atoms with E-state index < -0.39 is 91.4 Å². The number of hydrogen-bond acceptors (Lipinski definition) is 7. The van der Waals surface area contributed by atoms with Crippen LogP contribution in [-0.2, 0) is 31.9 Å². The van der Waals surface area contributed by atoms with Crippen molar-refractivity contribution >= 4 is 37.9 Å². The van der Waals surface area contributed by atoms with Crippen LogP contribution >= 0.6 is 0 Å². The van der Waals surface area contributed by atoms with Crippen molar-refractivity contribution in [3.8, 4) is 0 Å². The summed E-state index contributed by atoms with van der Waals surface area (Å²) in [6.45, 7) is 9.93. The Morgan fingerprint density at radius 3 is 2.15 bits per heavy atom. The molecule has 254 valence electrons. The van der Waals surface area contributed by atoms with Gasteiger partial charge in [-0.3, -0.25) is 24.5 Å². The van der Waals surface area contributed by atoms with Gasteiger partial charge in [-0.2, -0.15) is 13.2 Å². The van der Waals surface area contributed by atoms with E-state index >= 15 is 0 Å². The van der Waals surface area contributed by atoms with Gasteiger partial charge < -0.3 is 29.5 Å². The zero-order valence-corrected chi connectivity index (χ0v) is 27.8. The van der Waals surface area contributed by atoms with E-state index in [4.69, 9.17) is 14.3 Å². The lowest BCUT2D eigenvalue weighted by atomic mass is 9.98. The Labute approximate surface area is 265 Å². The Morgan fingerprint density at radius 1 is 1.02 bits per heavy atom. The number of halogens is 3. The maximum absolute atomic E-state index is 14.3. The average molecular weight is 671 g/mol. The first-order valence-corrected chi connectivity index (χ1v) is 17.3. The van der Waals surface area contributed by atoms with E-state index in [0.29, 0.717) is 5.56 Å². The Bertz CT molecular complexity index is 1460. The van der Waals surface area contributed by atoms with Crippen LogP contribution in [-0.4, -0.2) is 66.7 Å². The zero-order valence-electron chi connectivity index (χ0n) is 26.8. The summed E-state index contributed by atoms with van der Waals surface area (Å²) in [5.74, 6) is -4.08. The van der Waals surface area contributed by atoms with Crippen LogP contribution < -0.4 is 21.5 Å². The minimum absolute atomic E-state index is 0.190. The summed E-state index contributed by atoms with van der Waals surface area (Å²) in [6, 6.07) is 8.07. The number of rotatable bonds is 13. The Hall–Kier alpha value is -4.18. The molecule has 0 aliphatic heterocycles. The highest BCUT2D eigenvalue weighted by Crippen LogP contribution is 2.41. The van der Waals surface area contributed by atoms with E-state index in [9.17, 15) is 37.1 Å². The molecule has 16 heteroatoms. The van der Waals surface area contributed by atoms with E-state index in [-0.39, 0.29) is 6.61 Å². The highest BCUT2D eigenvalue weighted by molar-refractivity contribution is 6.74. The van der Waals surface area contributed by atoms with E-state index in [1.54, 1.807) is 64.2 Å². The van der Waals surface area contributed by atoms with Crippen molar-refractivity contribution in [2.45, 2.75) is 84.2 Å². The van der Waals surface area contributed by atoms with Gasteiger partial charge in [-0.1, -0.05) is 65.0 Å². The average Bonchev–Trinajstić information content (AvgIpc) is 2.94. The Morgan fingerprint density at radius 2 is 1.63 bits per heavy atom. The van der Waals surface area contributed by atoms with E-state index in [1.807, 2.05) is 0 Å². The molecule has 12 nitrogen and oxygen atoms in total. The molecular formula is C30H41F3N4O8Si. The third-order valence-corrected chi connectivity index (χ3v) is 11.9. The van der Waals surface area contributed by atoms with Gasteiger partial charge in [0.2, 0.25) is 5.91 Å². The van der Waals surface area contributed by atoms with Crippen LogP contribution in [0.3, 0.4) is 0 Å². The summed E-state index contributed by atoms with van der Waals surface area (Å²) >= 11 is 0. The number of anilines is 1. The molecule has 0 bridgehead atoms. The highest BCUT2D eigenvalue weighted by Gasteiger charge is 2.52. The topological polar surface area (TPSA) is 165 Å². The number of carbonyl (C=O) groups excluding carboxylic acids is 3. The second-order valence-electron chi connectivity index (χ2n) is 12.5. The fourth-order valence-corrected chi connectivity index (χ4v) is 5.21. The fraction of sp³-hybridized carbons (Fsp3) is 0.500. The number of carbonyl (C=O) groups is 4. The first kappa shape index (κ1) is 38.0. The molecule has 4 N–H and O–H groups in total. The van der Waals surface area contributed by atoms with Gasteiger partial charge in [0.25, 0.3) is 11.5 Å². The monoisotopic (exact) mass is 670 g/mol. The van der Waals surface area contributed by atoms with E-state index in [2.05, 4.69) is 16.0 Å². The molecule has 2 unspecified atom stereocenters. The van der Waals surface area contributed by atoms with Gasteiger partial charge in [-0.15, -0.1) is 0 Å². The van der Waals surface area contributed by atoms with Crippen molar-refractivity contribution in [3.63, 3.8) is 0 Å². The van der Waals surface area contributed by atoms with Crippen LogP contribution in [0, 0.1) is 5.92 Å². The van der Waals surface area contributed by atoms with Gasteiger partial charge in [0.1, 0.15) is 25.4 Å². The van der Waals surface area contributed by atoms with Crippen LogP contribution in [0.25, 0.3) is 0 Å². The first-order valence-electron chi connectivity index (χ1n) is 14.4. The van der Waals surface area contributed by atoms with Crippen molar-refractivity contribution in [2.75, 3.05) is 11.9 Å². The van der Waals surface area contributed by atoms with E-state index in [0.717, 1.165) is 16.8 Å². The molecule has 1 aromatic heterocycles. The number of aromatic nitrogens is 1. The van der Waals surface area contributed by atoms with Crippen LogP contribution in [0.15, 0.2) is 47.4 Å². The fourth-order valence-electron chi connectivity index (χ4n) is 3.94. The van der Waals surface area contributed by atoms with Gasteiger partial charge in [0.15, 0.2) is 14.4 Å². The maximum atomic E-state index is 14.3. The Kier molecular flexibility index (Phi) is 12.7. The third-order valence-electron chi connectivity index (χ3n) is 7.49. The van der Waals surface area contributed by atoms with Crippen LogP contribution in [0.5, 0.6) is 0 Å². The standard InChI is InChI=1S/C30H41F3N4O8Si/c1-18(2)23(25(30(31,32)33)45-46(6,7)29(3,4)5)35-21(38)16-37-14-13-20(26(41)34-15-22(39)40)24(27(37)42)36-28(43)44-17-19-11-9-8-10-12-19/h8-14,18,23,25H,15-17H2,1-7H3,(H,34,41)(H,35,38)(H,36,43)(H,39,40). The van der Waals surface area contributed by atoms with Crippen molar-refractivity contribution in [3.05, 3.63) is 64.1 Å². The summed E-state index contributed by atoms with van der Waals surface area (Å²) in [5.41, 5.74) is -1.51. The number of amides is 3. The number of carboxylic acids is 1. The molecule has 2 atom stereocenters. The molecule has 2 rings (SSSR count). The van der Waals surface area contributed by atoms with Gasteiger partial charge in [-0.25, -0.2) is 4.79 Å². The summed E-state index contributed by atoms with van der Waals surface area (Å²) in [7, 11) is -2.96. The molecule has 0 spiro atoms. The molecule has 3 amide bonds. The highest BCUT2D eigenvalue weighted by atomic mass is 28.4. The molecule has 0 saturated carbocycles. The van der Waals surface area contributed by atoms with Gasteiger partial charge in [-0.05, 0) is 35.7 Å². The zero-order chi connectivity index (χ0) is 35.0. The third kappa shape index (κ3) is 10.7. The number of aliphatic carboxylic acids is 1. The number of ether oxygens (including phenoxy) is 1. The van der Waals surface area contributed by atoms with Gasteiger partial charge >= 0.3 is 18.2 Å². The van der Waals surface area contributed by atoms with E-state index in [1.165, 1.54) is 13.8 Å². The molecule has 1 heterocycles. The SMILES string of the molecule is CC(C)C(NC(=O)Cn1ccc(C(=O)NCC(=O)O)c(NC(=O)OCc2ccccc2)c1=O)C(O[Si](C)(C)C(C)(C)C)C(F)(F)F. The van der Waals surface area contributed by atoms with Crippen molar-refractivity contribution in [1.82, 2.24) is 15.2 Å². The number of benzene rings is 1. The predicted octanol–water partition coefficient (Wildman–Crippen LogP) is 4.50. The van der Waals surface area contributed by atoms with Gasteiger partial charge in [0.05, 0.1) is 11.6 Å². The number of hydrogen-bond donors (Lipinski definition) is 4. The second-order valence-corrected chi connectivity index (χ2v) is 17.2. The summed E-state index contributed by atoms with van der Waals surface area (Å²) in [5, 5.41) is 15.0. The maximum Gasteiger partial charge on any atom is 0.415 e. The minimum atomic E-state index is -4.82. The number of alkyl halides is 3. The lowest BCUT2D eigenvalue weighted by molar-refractivity contribution is -0.210. The molecular weight excluding hydrogens is 629 g/mol. The normalized spacial score (nSPS) is 13.5. The second kappa shape index (κ2) is 15.4. The number of nitrogens with one attached hydrogen (secondary N) is 3. The molecule has 1 aromatic carbocycles. The lowest BCUT2D eigenvalue weighted by Crippen LogP contribution is -2.59. The molecule has 0 aliphatic carbocycles. The Balaban J connectivity index is 2.39. The largest absolute Gasteiger partial charge is 0.480 e. The van der Waals surface area contributed by atoms with Crippen LogP contribution in [0.1, 0.15) is 50.5 Å². The molecule has 0 fully saturated rings. The first-order chi connectivity index (χ1) is 21.1. The quantitative estimate of drug-likeness (QED) is 0.226.